The van der Waals surface area contributed by atoms with Gasteiger partial charge in [-0.3, -0.25) is 0 Å². The first kappa shape index (κ1) is 24.3. The zero-order chi connectivity index (χ0) is 24.0. The lowest BCUT2D eigenvalue weighted by Gasteiger charge is -2.23. The molecule has 9 heteroatoms. The third kappa shape index (κ3) is 6.57. The Labute approximate surface area is 190 Å². The first-order valence-corrected chi connectivity index (χ1v) is 10.7. The van der Waals surface area contributed by atoms with Crippen LogP contribution in [0.3, 0.4) is 0 Å². The largest absolute Gasteiger partial charge is 0.482 e. The van der Waals surface area contributed by atoms with Gasteiger partial charge in [-0.05, 0) is 55.0 Å². The minimum atomic E-state index is -4.30. The Morgan fingerprint density at radius 2 is 2.00 bits per heavy atom. The molecule has 176 valence electrons. The van der Waals surface area contributed by atoms with Crippen molar-refractivity contribution in [1.29, 1.82) is 0 Å². The van der Waals surface area contributed by atoms with Crippen molar-refractivity contribution in [3.8, 4) is 5.75 Å². The summed E-state index contributed by atoms with van der Waals surface area (Å²) in [6.45, 7) is 4.70. The number of carboxylic acid groups (broad SMARTS) is 1. The number of aryl methyl sites for hydroxylation is 1. The summed E-state index contributed by atoms with van der Waals surface area (Å²) in [4.78, 5) is 21.8. The van der Waals surface area contributed by atoms with Gasteiger partial charge in [0, 0.05) is 24.9 Å². The number of hydrogen-bond acceptors (Lipinski definition) is 5. The summed E-state index contributed by atoms with van der Waals surface area (Å²) in [5.74, 6) is -0.0236. The quantitative estimate of drug-likeness (QED) is 0.544. The van der Waals surface area contributed by atoms with Gasteiger partial charge in [-0.1, -0.05) is 31.2 Å². The van der Waals surface area contributed by atoms with Crippen LogP contribution in [-0.4, -0.2) is 40.4 Å². The minimum Gasteiger partial charge on any atom is -0.482 e. The number of nitrogens with zero attached hydrogens (tertiary/aromatic N) is 3. The second kappa shape index (κ2) is 10.5. The summed E-state index contributed by atoms with van der Waals surface area (Å²) in [7, 11) is 0. The van der Waals surface area contributed by atoms with E-state index in [0.717, 1.165) is 29.2 Å². The number of aromatic nitrogens is 2. The van der Waals surface area contributed by atoms with Crippen molar-refractivity contribution in [3.05, 3.63) is 65.0 Å². The predicted molar refractivity (Wildman–Crippen MR) is 119 cm³/mol. The van der Waals surface area contributed by atoms with E-state index in [2.05, 4.69) is 9.97 Å². The number of carbonyl (C=O) groups is 1. The fourth-order valence-corrected chi connectivity index (χ4v) is 3.62. The Hall–Kier alpha value is -3.36. The standard InChI is InChI=1S/C24H26F3N3O3/c1-3-12-30(14-17-4-9-21(16(2)13-17)33-15-22(31)32)23-28-11-10-20(29-23)18-5-7-19(8-6-18)24(25,26)27/h4-5,7,9-11,13H,3,6,8,12,14-15H2,1-2H3,(H,31,32). The Morgan fingerprint density at radius 3 is 2.61 bits per heavy atom. The number of carboxylic acids is 1. The Morgan fingerprint density at radius 1 is 1.21 bits per heavy atom. The summed E-state index contributed by atoms with van der Waals surface area (Å²) < 4.78 is 44.0. The molecule has 0 saturated carbocycles. The molecule has 1 aromatic heterocycles. The van der Waals surface area contributed by atoms with E-state index >= 15 is 0 Å². The second-order valence-corrected chi connectivity index (χ2v) is 7.83. The molecule has 1 N–H and O–H groups in total. The molecule has 0 amide bonds. The maximum absolute atomic E-state index is 12.9. The maximum Gasteiger partial charge on any atom is 0.412 e. The van der Waals surface area contributed by atoms with Gasteiger partial charge in [0.15, 0.2) is 6.61 Å². The van der Waals surface area contributed by atoms with Gasteiger partial charge in [0.05, 0.1) is 5.69 Å². The van der Waals surface area contributed by atoms with E-state index in [9.17, 15) is 18.0 Å². The molecule has 1 aromatic carbocycles. The van der Waals surface area contributed by atoms with Crippen molar-refractivity contribution in [3.63, 3.8) is 0 Å². The monoisotopic (exact) mass is 461 g/mol. The third-order valence-corrected chi connectivity index (χ3v) is 5.23. The van der Waals surface area contributed by atoms with Gasteiger partial charge in [0.1, 0.15) is 5.75 Å². The van der Waals surface area contributed by atoms with E-state index in [-0.39, 0.29) is 12.8 Å². The first-order valence-electron chi connectivity index (χ1n) is 10.7. The highest BCUT2D eigenvalue weighted by atomic mass is 19.4. The van der Waals surface area contributed by atoms with Crippen molar-refractivity contribution in [2.75, 3.05) is 18.1 Å². The average Bonchev–Trinajstić information content (AvgIpc) is 2.78. The molecule has 0 saturated heterocycles. The van der Waals surface area contributed by atoms with Crippen LogP contribution in [0.1, 0.15) is 43.0 Å². The number of ether oxygens (including phenoxy) is 1. The highest BCUT2D eigenvalue weighted by Crippen LogP contribution is 2.35. The van der Waals surface area contributed by atoms with Gasteiger partial charge in [-0.15, -0.1) is 0 Å². The molecule has 0 radical (unpaired) electrons. The molecule has 1 aliphatic rings. The number of allylic oxidation sites excluding steroid dienone is 4. The summed E-state index contributed by atoms with van der Waals surface area (Å²) in [5.41, 5.74) is 2.64. The highest BCUT2D eigenvalue weighted by molar-refractivity contribution is 5.68. The van der Waals surface area contributed by atoms with Crippen LogP contribution in [0, 0.1) is 6.92 Å². The van der Waals surface area contributed by atoms with E-state index in [1.54, 1.807) is 18.3 Å². The summed E-state index contributed by atoms with van der Waals surface area (Å²) in [6.07, 6.45) is 0.993. The molecule has 1 aliphatic carbocycles. The SMILES string of the molecule is CCCN(Cc1ccc(OCC(=O)O)c(C)c1)c1nccc(C2=CC=C(C(F)(F)F)CC2)n1. The van der Waals surface area contributed by atoms with Crippen LogP contribution in [0.2, 0.25) is 0 Å². The van der Waals surface area contributed by atoms with E-state index in [1.807, 2.05) is 30.9 Å². The van der Waals surface area contributed by atoms with Crippen LogP contribution in [0.5, 0.6) is 5.75 Å². The molecule has 2 aromatic rings. The van der Waals surface area contributed by atoms with Gasteiger partial charge >= 0.3 is 12.1 Å². The summed E-state index contributed by atoms with van der Waals surface area (Å²) >= 11 is 0. The molecule has 0 unspecified atom stereocenters. The number of hydrogen-bond donors (Lipinski definition) is 1. The van der Waals surface area contributed by atoms with Crippen molar-refractivity contribution >= 4 is 17.5 Å². The molecule has 0 atom stereocenters. The van der Waals surface area contributed by atoms with E-state index < -0.39 is 24.3 Å². The molecule has 0 spiro atoms. The van der Waals surface area contributed by atoms with Gasteiger partial charge in [-0.25, -0.2) is 14.8 Å². The fourth-order valence-electron chi connectivity index (χ4n) is 3.62. The van der Waals surface area contributed by atoms with Crippen molar-refractivity contribution < 1.29 is 27.8 Å². The number of aliphatic carboxylic acids is 1. The normalized spacial score (nSPS) is 13.8. The van der Waals surface area contributed by atoms with Crippen LogP contribution >= 0.6 is 0 Å². The Bertz CT molecular complexity index is 1060. The highest BCUT2D eigenvalue weighted by Gasteiger charge is 2.34. The van der Waals surface area contributed by atoms with Gasteiger partial charge in [0.25, 0.3) is 0 Å². The van der Waals surface area contributed by atoms with Crippen molar-refractivity contribution in [2.45, 2.75) is 45.8 Å². The third-order valence-electron chi connectivity index (χ3n) is 5.23. The zero-order valence-electron chi connectivity index (χ0n) is 18.5. The first-order chi connectivity index (χ1) is 15.7. The Kier molecular flexibility index (Phi) is 7.73. The van der Waals surface area contributed by atoms with E-state index in [0.29, 0.717) is 30.5 Å². The molecule has 0 bridgehead atoms. The minimum absolute atomic E-state index is 0.0665. The lowest BCUT2D eigenvalue weighted by Crippen LogP contribution is -2.26. The molecule has 6 nitrogen and oxygen atoms in total. The topological polar surface area (TPSA) is 75.5 Å². The van der Waals surface area contributed by atoms with Crippen molar-refractivity contribution in [2.24, 2.45) is 0 Å². The molecule has 3 rings (SSSR count). The molecular formula is C24H26F3N3O3. The molecule has 0 aliphatic heterocycles. The van der Waals surface area contributed by atoms with E-state index in [1.165, 1.54) is 6.08 Å². The number of benzene rings is 1. The lowest BCUT2D eigenvalue weighted by atomic mass is 9.96. The van der Waals surface area contributed by atoms with Gasteiger partial charge < -0.3 is 14.7 Å². The summed E-state index contributed by atoms with van der Waals surface area (Å²) in [6, 6.07) is 7.25. The van der Waals surface area contributed by atoms with Gasteiger partial charge in [0.2, 0.25) is 5.95 Å². The molecule has 1 heterocycles. The van der Waals surface area contributed by atoms with Crippen LogP contribution in [0.15, 0.2) is 48.2 Å². The number of alkyl halides is 3. The van der Waals surface area contributed by atoms with Crippen LogP contribution in [-0.2, 0) is 11.3 Å². The second-order valence-electron chi connectivity index (χ2n) is 7.83. The maximum atomic E-state index is 12.9. The number of halogens is 3. The van der Waals surface area contributed by atoms with Crippen LogP contribution < -0.4 is 9.64 Å². The summed E-state index contributed by atoms with van der Waals surface area (Å²) in [5, 5.41) is 8.79. The van der Waals surface area contributed by atoms with E-state index in [4.69, 9.17) is 9.84 Å². The Balaban J connectivity index is 1.79. The van der Waals surface area contributed by atoms with Crippen LogP contribution in [0.4, 0.5) is 19.1 Å². The molecule has 33 heavy (non-hydrogen) atoms. The lowest BCUT2D eigenvalue weighted by molar-refractivity contribution is -0.139. The molecule has 0 fully saturated rings. The predicted octanol–water partition coefficient (Wildman–Crippen LogP) is 5.33. The fraction of sp³-hybridized carbons (Fsp3) is 0.375. The average molecular weight is 461 g/mol. The molecular weight excluding hydrogens is 435 g/mol. The van der Waals surface area contributed by atoms with Crippen LogP contribution in [0.25, 0.3) is 5.57 Å². The van der Waals surface area contributed by atoms with Gasteiger partial charge in [-0.2, -0.15) is 13.2 Å². The van der Waals surface area contributed by atoms with Crippen molar-refractivity contribution in [1.82, 2.24) is 9.97 Å². The smallest absolute Gasteiger partial charge is 0.412 e. The zero-order valence-corrected chi connectivity index (χ0v) is 18.5. The number of rotatable bonds is 9. The number of anilines is 1.